The van der Waals surface area contributed by atoms with Crippen LogP contribution in [-0.2, 0) is 11.2 Å². The van der Waals surface area contributed by atoms with Gasteiger partial charge in [0, 0.05) is 32.0 Å². The van der Waals surface area contributed by atoms with Gasteiger partial charge in [0.05, 0.1) is 17.9 Å². The van der Waals surface area contributed by atoms with Crippen LogP contribution in [0.4, 0.5) is 5.13 Å². The molecule has 0 bridgehead atoms. The summed E-state index contributed by atoms with van der Waals surface area (Å²) in [7, 11) is 1.76. The Balaban J connectivity index is 1.63. The lowest BCUT2D eigenvalue weighted by Gasteiger charge is -2.14. The molecule has 1 aliphatic rings. The van der Waals surface area contributed by atoms with E-state index in [1.807, 2.05) is 35.7 Å². The van der Waals surface area contributed by atoms with Gasteiger partial charge in [-0.25, -0.2) is 4.98 Å². The van der Waals surface area contributed by atoms with Crippen molar-refractivity contribution in [3.63, 3.8) is 0 Å². The molecule has 0 aliphatic carbocycles. The number of aromatic nitrogens is 1. The molecule has 5 heteroatoms. The first-order valence-corrected chi connectivity index (χ1v) is 8.09. The van der Waals surface area contributed by atoms with Crippen molar-refractivity contribution in [3.05, 3.63) is 47.0 Å². The largest absolute Gasteiger partial charge is 0.388 e. The number of aliphatic hydroxyl groups is 1. The standard InChI is InChI=1S/C16H20N2O2S/c1-20-14-7-8-18(10-14)16-17-13(11-21-16)9-15(19)12-5-3-2-4-6-12/h2-6,11,14-15,19H,7-10H2,1H3. The molecule has 2 atom stereocenters. The van der Waals surface area contributed by atoms with E-state index in [4.69, 9.17) is 4.74 Å². The van der Waals surface area contributed by atoms with Gasteiger partial charge in [-0.1, -0.05) is 30.3 Å². The maximum atomic E-state index is 10.3. The second-order valence-corrected chi connectivity index (χ2v) is 6.18. The van der Waals surface area contributed by atoms with E-state index in [0.717, 1.165) is 35.9 Å². The Bertz CT molecular complexity index is 573. The number of methoxy groups -OCH3 is 1. The number of rotatable bonds is 5. The normalized spacial score (nSPS) is 19.9. The van der Waals surface area contributed by atoms with Gasteiger partial charge in [0.15, 0.2) is 5.13 Å². The SMILES string of the molecule is COC1CCN(c2nc(CC(O)c3ccccc3)cs2)C1. The number of aliphatic hydroxyl groups excluding tert-OH is 1. The van der Waals surface area contributed by atoms with Crippen LogP contribution in [-0.4, -0.2) is 36.4 Å². The Morgan fingerprint density at radius 3 is 2.95 bits per heavy atom. The van der Waals surface area contributed by atoms with Crippen LogP contribution in [0.1, 0.15) is 23.8 Å². The molecule has 0 spiro atoms. The molecule has 0 radical (unpaired) electrons. The summed E-state index contributed by atoms with van der Waals surface area (Å²) in [5.74, 6) is 0. The predicted molar refractivity (Wildman–Crippen MR) is 84.8 cm³/mol. The summed E-state index contributed by atoms with van der Waals surface area (Å²) in [4.78, 5) is 6.92. The molecule has 0 amide bonds. The van der Waals surface area contributed by atoms with E-state index in [-0.39, 0.29) is 0 Å². The van der Waals surface area contributed by atoms with Gasteiger partial charge in [-0.3, -0.25) is 0 Å². The number of hydrogen-bond acceptors (Lipinski definition) is 5. The highest BCUT2D eigenvalue weighted by atomic mass is 32.1. The lowest BCUT2D eigenvalue weighted by Crippen LogP contribution is -2.22. The van der Waals surface area contributed by atoms with E-state index < -0.39 is 6.10 Å². The van der Waals surface area contributed by atoms with Crippen molar-refractivity contribution in [1.29, 1.82) is 0 Å². The van der Waals surface area contributed by atoms with Crippen LogP contribution in [0.2, 0.25) is 0 Å². The quantitative estimate of drug-likeness (QED) is 0.922. The lowest BCUT2D eigenvalue weighted by atomic mass is 10.1. The number of benzene rings is 1. The third kappa shape index (κ3) is 3.43. The fourth-order valence-electron chi connectivity index (χ4n) is 2.62. The molecular formula is C16H20N2O2S. The average molecular weight is 304 g/mol. The summed E-state index contributed by atoms with van der Waals surface area (Å²) in [5, 5.41) is 13.3. The van der Waals surface area contributed by atoms with Crippen molar-refractivity contribution >= 4 is 16.5 Å². The van der Waals surface area contributed by atoms with Crippen molar-refractivity contribution in [2.45, 2.75) is 25.0 Å². The van der Waals surface area contributed by atoms with Gasteiger partial charge in [0.1, 0.15) is 0 Å². The maximum absolute atomic E-state index is 10.3. The molecule has 21 heavy (non-hydrogen) atoms. The monoisotopic (exact) mass is 304 g/mol. The molecular weight excluding hydrogens is 284 g/mol. The zero-order valence-electron chi connectivity index (χ0n) is 12.1. The summed E-state index contributed by atoms with van der Waals surface area (Å²) in [6.45, 7) is 1.90. The van der Waals surface area contributed by atoms with Gasteiger partial charge in [-0.2, -0.15) is 0 Å². The first kappa shape index (κ1) is 14.5. The smallest absolute Gasteiger partial charge is 0.185 e. The van der Waals surface area contributed by atoms with Crippen LogP contribution in [0.5, 0.6) is 0 Å². The highest BCUT2D eigenvalue weighted by Gasteiger charge is 2.24. The first-order chi connectivity index (χ1) is 10.3. The third-order valence-corrected chi connectivity index (χ3v) is 4.83. The maximum Gasteiger partial charge on any atom is 0.185 e. The summed E-state index contributed by atoms with van der Waals surface area (Å²) in [5.41, 5.74) is 1.89. The molecule has 2 heterocycles. The zero-order chi connectivity index (χ0) is 14.7. The van der Waals surface area contributed by atoms with Crippen LogP contribution in [0.15, 0.2) is 35.7 Å². The Hall–Kier alpha value is -1.43. The molecule has 3 rings (SSSR count). The number of thiazole rings is 1. The van der Waals surface area contributed by atoms with Crippen LogP contribution in [0, 0.1) is 0 Å². The highest BCUT2D eigenvalue weighted by Crippen LogP contribution is 2.27. The minimum atomic E-state index is -0.494. The highest BCUT2D eigenvalue weighted by molar-refractivity contribution is 7.13. The Kier molecular flexibility index (Phi) is 4.53. The first-order valence-electron chi connectivity index (χ1n) is 7.21. The van der Waals surface area contributed by atoms with E-state index in [0.29, 0.717) is 12.5 Å². The summed E-state index contributed by atoms with van der Waals surface area (Å²) < 4.78 is 5.39. The van der Waals surface area contributed by atoms with Crippen LogP contribution in [0.3, 0.4) is 0 Å². The number of ether oxygens (including phenoxy) is 1. The van der Waals surface area contributed by atoms with Gasteiger partial charge in [0.2, 0.25) is 0 Å². The molecule has 0 saturated carbocycles. The Morgan fingerprint density at radius 2 is 2.24 bits per heavy atom. The second kappa shape index (κ2) is 6.56. The number of nitrogens with zero attached hydrogens (tertiary/aromatic N) is 2. The van der Waals surface area contributed by atoms with E-state index in [2.05, 4.69) is 9.88 Å². The lowest BCUT2D eigenvalue weighted by molar-refractivity contribution is 0.121. The zero-order valence-corrected chi connectivity index (χ0v) is 12.9. The third-order valence-electron chi connectivity index (χ3n) is 3.88. The van der Waals surface area contributed by atoms with Gasteiger partial charge >= 0.3 is 0 Å². The van der Waals surface area contributed by atoms with Crippen molar-refractivity contribution in [1.82, 2.24) is 4.98 Å². The van der Waals surface area contributed by atoms with Crippen molar-refractivity contribution < 1.29 is 9.84 Å². The Morgan fingerprint density at radius 1 is 1.43 bits per heavy atom. The minimum absolute atomic E-state index is 0.312. The topological polar surface area (TPSA) is 45.6 Å². The van der Waals surface area contributed by atoms with E-state index in [1.54, 1.807) is 18.4 Å². The fraction of sp³-hybridized carbons (Fsp3) is 0.438. The van der Waals surface area contributed by atoms with Crippen molar-refractivity contribution in [2.75, 3.05) is 25.1 Å². The fourth-order valence-corrected chi connectivity index (χ4v) is 3.50. The van der Waals surface area contributed by atoms with Crippen molar-refractivity contribution in [3.8, 4) is 0 Å². The predicted octanol–water partition coefficient (Wildman–Crippen LogP) is 2.64. The van der Waals surface area contributed by atoms with Gasteiger partial charge in [0.25, 0.3) is 0 Å². The average Bonchev–Trinajstić information content (AvgIpc) is 3.16. The molecule has 1 fully saturated rings. The van der Waals surface area contributed by atoms with Gasteiger partial charge in [-0.05, 0) is 12.0 Å². The molecule has 1 aromatic heterocycles. The van der Waals surface area contributed by atoms with Crippen molar-refractivity contribution in [2.24, 2.45) is 0 Å². The van der Waals surface area contributed by atoms with E-state index in [1.165, 1.54) is 0 Å². The summed E-state index contributed by atoms with van der Waals surface area (Å²) in [6, 6.07) is 9.74. The van der Waals surface area contributed by atoms with Crippen LogP contribution >= 0.6 is 11.3 Å². The number of hydrogen-bond donors (Lipinski definition) is 1. The second-order valence-electron chi connectivity index (χ2n) is 5.34. The molecule has 4 nitrogen and oxygen atoms in total. The molecule has 1 saturated heterocycles. The summed E-state index contributed by atoms with van der Waals surface area (Å²) in [6.07, 6.45) is 1.43. The number of anilines is 1. The molecule has 2 aromatic rings. The van der Waals surface area contributed by atoms with Gasteiger partial charge in [-0.15, -0.1) is 11.3 Å². The molecule has 1 aromatic carbocycles. The van der Waals surface area contributed by atoms with Crippen LogP contribution < -0.4 is 4.90 Å². The minimum Gasteiger partial charge on any atom is -0.388 e. The molecule has 1 N–H and O–H groups in total. The molecule has 112 valence electrons. The van der Waals surface area contributed by atoms with E-state index in [9.17, 15) is 5.11 Å². The van der Waals surface area contributed by atoms with Gasteiger partial charge < -0.3 is 14.7 Å². The van der Waals surface area contributed by atoms with Crippen LogP contribution in [0.25, 0.3) is 0 Å². The molecule has 1 aliphatic heterocycles. The summed E-state index contributed by atoms with van der Waals surface area (Å²) >= 11 is 1.64. The molecule has 2 unspecified atom stereocenters. The van der Waals surface area contributed by atoms with E-state index >= 15 is 0 Å². The Labute approximate surface area is 129 Å².